The number of likely N-dealkylation sites (N-methyl/N-ethyl adjacent to an activating group) is 1. The summed E-state index contributed by atoms with van der Waals surface area (Å²) in [7, 11) is 3.91. The second-order valence-electron chi connectivity index (χ2n) is 7.84. The maximum Gasteiger partial charge on any atom is 0.244 e. The molecular weight excluding hydrogens is 320 g/mol. The second kappa shape index (κ2) is 5.61. The van der Waals surface area contributed by atoms with E-state index in [1.807, 2.05) is 37.2 Å². The smallest absolute Gasteiger partial charge is 0.244 e. The SMILES string of the molecule is CN(C)C(C(=O)N1C[C@@H]2[C@H](C1)[C@H]1CC[C@@H]2O1)c1ccc2c(c1)OCO2. The molecular formula is C19H24N2O4. The van der Waals surface area contributed by atoms with Crippen LogP contribution in [0.2, 0.25) is 0 Å². The van der Waals surface area contributed by atoms with Crippen LogP contribution in [0.1, 0.15) is 24.4 Å². The number of amides is 1. The first kappa shape index (κ1) is 15.5. The monoisotopic (exact) mass is 344 g/mol. The van der Waals surface area contributed by atoms with Gasteiger partial charge in [0.25, 0.3) is 0 Å². The summed E-state index contributed by atoms with van der Waals surface area (Å²) >= 11 is 0. The number of rotatable bonds is 3. The number of likely N-dealkylation sites (tertiary alicyclic amines) is 1. The average molecular weight is 344 g/mol. The average Bonchev–Trinajstić information content (AvgIpc) is 3.34. The van der Waals surface area contributed by atoms with Gasteiger partial charge in [0.2, 0.25) is 12.7 Å². The molecule has 5 rings (SSSR count). The first-order valence-corrected chi connectivity index (χ1v) is 9.12. The van der Waals surface area contributed by atoms with Gasteiger partial charge in [0, 0.05) is 24.9 Å². The van der Waals surface area contributed by atoms with E-state index in [9.17, 15) is 4.79 Å². The molecule has 0 N–H and O–H groups in total. The summed E-state index contributed by atoms with van der Waals surface area (Å²) in [5.74, 6) is 2.71. The molecule has 134 valence electrons. The van der Waals surface area contributed by atoms with E-state index in [2.05, 4.69) is 4.90 Å². The lowest BCUT2D eigenvalue weighted by molar-refractivity contribution is -0.136. The van der Waals surface area contributed by atoms with E-state index < -0.39 is 0 Å². The van der Waals surface area contributed by atoms with E-state index in [1.165, 1.54) is 0 Å². The molecule has 6 nitrogen and oxygen atoms in total. The molecule has 0 aliphatic carbocycles. The van der Waals surface area contributed by atoms with E-state index in [1.54, 1.807) is 0 Å². The number of benzene rings is 1. The number of hydrogen-bond acceptors (Lipinski definition) is 5. The normalized spacial score (nSPS) is 33.2. The van der Waals surface area contributed by atoms with Gasteiger partial charge in [0.15, 0.2) is 11.5 Å². The molecule has 2 bridgehead atoms. The van der Waals surface area contributed by atoms with Crippen molar-refractivity contribution in [2.45, 2.75) is 31.1 Å². The van der Waals surface area contributed by atoms with Crippen LogP contribution in [-0.4, -0.2) is 61.9 Å². The van der Waals surface area contributed by atoms with Gasteiger partial charge in [0.1, 0.15) is 6.04 Å². The topological polar surface area (TPSA) is 51.2 Å². The molecule has 0 radical (unpaired) electrons. The lowest BCUT2D eigenvalue weighted by Gasteiger charge is -2.29. The number of carbonyl (C=O) groups is 1. The van der Waals surface area contributed by atoms with Gasteiger partial charge < -0.3 is 19.1 Å². The molecule has 1 amide bonds. The summed E-state index contributed by atoms with van der Waals surface area (Å²) in [6, 6.07) is 5.51. The van der Waals surface area contributed by atoms with Gasteiger partial charge >= 0.3 is 0 Å². The van der Waals surface area contributed by atoms with Crippen LogP contribution in [0.5, 0.6) is 11.5 Å². The van der Waals surface area contributed by atoms with Crippen molar-refractivity contribution in [1.29, 1.82) is 0 Å². The number of ether oxygens (including phenoxy) is 3. The number of fused-ring (bicyclic) bond motifs is 6. The third-order valence-electron chi connectivity index (χ3n) is 6.23. The Kier molecular flexibility index (Phi) is 3.47. The molecule has 4 heterocycles. The van der Waals surface area contributed by atoms with Crippen LogP contribution >= 0.6 is 0 Å². The molecule has 1 aromatic carbocycles. The van der Waals surface area contributed by atoms with Crippen LogP contribution in [0.25, 0.3) is 0 Å². The molecule has 25 heavy (non-hydrogen) atoms. The van der Waals surface area contributed by atoms with E-state index in [4.69, 9.17) is 14.2 Å². The van der Waals surface area contributed by atoms with Crippen molar-refractivity contribution in [2.24, 2.45) is 11.8 Å². The zero-order valence-electron chi connectivity index (χ0n) is 14.7. The highest BCUT2D eigenvalue weighted by atomic mass is 16.7. The molecule has 3 saturated heterocycles. The maximum absolute atomic E-state index is 13.3. The Morgan fingerprint density at radius 3 is 2.48 bits per heavy atom. The fourth-order valence-electron chi connectivity index (χ4n) is 5.06. The minimum Gasteiger partial charge on any atom is -0.454 e. The highest BCUT2D eigenvalue weighted by Gasteiger charge is 2.54. The molecule has 4 aliphatic heterocycles. The van der Waals surface area contributed by atoms with Crippen molar-refractivity contribution in [2.75, 3.05) is 34.0 Å². The third-order valence-corrected chi connectivity index (χ3v) is 6.23. The summed E-state index contributed by atoms with van der Waals surface area (Å²) in [4.78, 5) is 17.4. The van der Waals surface area contributed by atoms with Crippen LogP contribution in [0.3, 0.4) is 0 Å². The number of carbonyl (C=O) groups excluding carboxylic acids is 1. The molecule has 6 heteroatoms. The molecule has 5 atom stereocenters. The van der Waals surface area contributed by atoms with Gasteiger partial charge in [0.05, 0.1) is 12.2 Å². The molecule has 4 aliphatic rings. The van der Waals surface area contributed by atoms with Crippen molar-refractivity contribution >= 4 is 5.91 Å². The van der Waals surface area contributed by atoms with Crippen LogP contribution in [-0.2, 0) is 9.53 Å². The van der Waals surface area contributed by atoms with E-state index in [0.29, 0.717) is 24.0 Å². The van der Waals surface area contributed by atoms with Crippen LogP contribution in [0.15, 0.2) is 18.2 Å². The molecule has 0 spiro atoms. The van der Waals surface area contributed by atoms with Crippen molar-refractivity contribution in [3.05, 3.63) is 23.8 Å². The van der Waals surface area contributed by atoms with Crippen LogP contribution in [0.4, 0.5) is 0 Å². The van der Waals surface area contributed by atoms with Gasteiger partial charge in [-0.05, 0) is 44.6 Å². The third kappa shape index (κ3) is 2.34. The zero-order chi connectivity index (χ0) is 17.1. The Morgan fingerprint density at radius 2 is 1.80 bits per heavy atom. The molecule has 1 unspecified atom stereocenters. The predicted octanol–water partition coefficient (Wildman–Crippen LogP) is 1.65. The first-order chi connectivity index (χ1) is 12.1. The van der Waals surface area contributed by atoms with Gasteiger partial charge in [-0.1, -0.05) is 6.07 Å². The molecule has 0 saturated carbocycles. The van der Waals surface area contributed by atoms with Crippen LogP contribution in [0, 0.1) is 11.8 Å². The van der Waals surface area contributed by atoms with Gasteiger partial charge in [-0.3, -0.25) is 9.69 Å². The standard InChI is InChI=1S/C19H24N2O4/c1-20(2)18(11-3-4-16-17(7-11)24-10-23-16)19(22)21-8-12-13(9-21)15-6-5-14(12)25-15/h3-4,7,12-15,18H,5-6,8-10H2,1-2H3/t12-,13+,14+,15-,18?. The van der Waals surface area contributed by atoms with Gasteiger partial charge in [-0.2, -0.15) is 0 Å². The number of nitrogens with zero attached hydrogens (tertiary/aromatic N) is 2. The fraction of sp³-hybridized carbons (Fsp3) is 0.632. The van der Waals surface area contributed by atoms with E-state index in [0.717, 1.165) is 43.0 Å². The minimum atomic E-state index is -0.299. The maximum atomic E-state index is 13.3. The Labute approximate surface area is 147 Å². The Hall–Kier alpha value is -1.79. The highest BCUT2D eigenvalue weighted by molar-refractivity contribution is 5.84. The second-order valence-corrected chi connectivity index (χ2v) is 7.84. The van der Waals surface area contributed by atoms with Crippen LogP contribution < -0.4 is 9.47 Å². The largest absolute Gasteiger partial charge is 0.454 e. The van der Waals surface area contributed by atoms with Gasteiger partial charge in [-0.25, -0.2) is 0 Å². The first-order valence-electron chi connectivity index (χ1n) is 9.12. The van der Waals surface area contributed by atoms with E-state index >= 15 is 0 Å². The summed E-state index contributed by atoms with van der Waals surface area (Å²) in [5.41, 5.74) is 0.954. The quantitative estimate of drug-likeness (QED) is 0.835. The summed E-state index contributed by atoms with van der Waals surface area (Å²) in [6.45, 7) is 1.91. The van der Waals surface area contributed by atoms with Crippen molar-refractivity contribution in [1.82, 2.24) is 9.80 Å². The van der Waals surface area contributed by atoms with Crippen molar-refractivity contribution < 1.29 is 19.0 Å². The lowest BCUT2D eigenvalue weighted by Crippen LogP contribution is -2.40. The number of hydrogen-bond donors (Lipinski definition) is 0. The molecule has 3 fully saturated rings. The Bertz CT molecular complexity index is 689. The molecule has 1 aromatic rings. The Balaban J connectivity index is 1.39. The summed E-state index contributed by atoms with van der Waals surface area (Å²) in [5, 5.41) is 0. The van der Waals surface area contributed by atoms with Gasteiger partial charge in [-0.15, -0.1) is 0 Å². The predicted molar refractivity (Wildman–Crippen MR) is 90.4 cm³/mol. The molecule has 0 aromatic heterocycles. The van der Waals surface area contributed by atoms with E-state index in [-0.39, 0.29) is 18.7 Å². The van der Waals surface area contributed by atoms with Crippen molar-refractivity contribution in [3.63, 3.8) is 0 Å². The zero-order valence-corrected chi connectivity index (χ0v) is 14.7. The fourth-order valence-corrected chi connectivity index (χ4v) is 5.06. The van der Waals surface area contributed by atoms with Crippen molar-refractivity contribution in [3.8, 4) is 11.5 Å². The summed E-state index contributed by atoms with van der Waals surface area (Å²) in [6.07, 6.45) is 3.06. The lowest BCUT2D eigenvalue weighted by atomic mass is 9.82. The highest BCUT2D eigenvalue weighted by Crippen LogP contribution is 2.47. The summed E-state index contributed by atoms with van der Waals surface area (Å²) < 4.78 is 16.9. The minimum absolute atomic E-state index is 0.178. The Morgan fingerprint density at radius 1 is 1.12 bits per heavy atom.